The molecule has 3 aromatic rings. The summed E-state index contributed by atoms with van der Waals surface area (Å²) in [7, 11) is -1.46. The van der Waals surface area contributed by atoms with Gasteiger partial charge in [-0.3, -0.25) is 0 Å². The maximum absolute atomic E-state index is 12.9. The predicted octanol–water partition coefficient (Wildman–Crippen LogP) is 3.82. The summed E-state index contributed by atoms with van der Waals surface area (Å²) in [5.41, 5.74) is 3.77. The first-order valence-corrected chi connectivity index (χ1v) is 11.7. The number of hydrogen-bond acceptors (Lipinski definition) is 3. The first-order chi connectivity index (χ1) is 14.3. The van der Waals surface area contributed by atoms with Crippen molar-refractivity contribution in [2.24, 2.45) is 0 Å². The number of nitrogens with zero attached hydrogens (tertiary/aromatic N) is 2. The van der Waals surface area contributed by atoms with Crippen LogP contribution in [0.25, 0.3) is 10.8 Å². The maximum atomic E-state index is 12.9. The lowest BCUT2D eigenvalue weighted by Crippen LogP contribution is -2.36. The molecule has 1 N–H and O–H groups in total. The van der Waals surface area contributed by atoms with Crippen molar-refractivity contribution in [3.8, 4) is 0 Å². The van der Waals surface area contributed by atoms with Crippen LogP contribution in [0.5, 0.6) is 0 Å². The van der Waals surface area contributed by atoms with Crippen molar-refractivity contribution in [3.05, 3.63) is 77.4 Å². The number of carbonyl (C=O) groups is 1. The van der Waals surface area contributed by atoms with Crippen LogP contribution in [0.2, 0.25) is 0 Å². The first kappa shape index (κ1) is 20.4. The number of sulfonamides is 1. The summed E-state index contributed by atoms with van der Waals surface area (Å²) >= 11 is 0. The second-order valence-electron chi connectivity index (χ2n) is 7.71. The number of hydrogen-bond donors (Lipinski definition) is 1. The van der Waals surface area contributed by atoms with Gasteiger partial charge in [-0.2, -0.15) is 4.31 Å². The molecular weight excluding hydrogens is 398 g/mol. The molecule has 0 radical (unpaired) electrons. The topological polar surface area (TPSA) is 69.7 Å². The first-order valence-electron chi connectivity index (χ1n) is 9.87. The summed E-state index contributed by atoms with van der Waals surface area (Å²) < 4.78 is 25.2. The average molecular weight is 424 g/mol. The number of amides is 2. The molecule has 2 amide bonds. The van der Waals surface area contributed by atoms with Gasteiger partial charge in [0.15, 0.2) is 0 Å². The fourth-order valence-corrected chi connectivity index (χ4v) is 4.75. The van der Waals surface area contributed by atoms with E-state index in [2.05, 4.69) is 23.5 Å². The zero-order valence-electron chi connectivity index (χ0n) is 17.1. The van der Waals surface area contributed by atoms with E-state index >= 15 is 0 Å². The van der Waals surface area contributed by atoms with Gasteiger partial charge in [-0.15, -0.1) is 0 Å². The Balaban J connectivity index is 1.50. The Bertz CT molecular complexity index is 1200. The lowest BCUT2D eigenvalue weighted by molar-refractivity contribution is 0.221. The fraction of sp³-hybridized carbons (Fsp3) is 0.261. The molecule has 0 atom stereocenters. The summed E-state index contributed by atoms with van der Waals surface area (Å²) in [6, 6.07) is 19.7. The number of rotatable bonds is 4. The largest absolute Gasteiger partial charge is 0.323 e. The van der Waals surface area contributed by atoms with Crippen molar-refractivity contribution in [2.75, 3.05) is 25.2 Å². The highest BCUT2D eigenvalue weighted by atomic mass is 32.2. The van der Waals surface area contributed by atoms with Crippen LogP contribution < -0.4 is 5.32 Å². The molecule has 0 aromatic heterocycles. The number of nitrogens with one attached hydrogen (secondary N) is 1. The Kier molecular flexibility index (Phi) is 5.49. The normalized spacial score (nSPS) is 14.3. The molecule has 0 fully saturated rings. The minimum atomic E-state index is -3.23. The van der Waals surface area contributed by atoms with Crippen molar-refractivity contribution >= 4 is 32.5 Å². The Morgan fingerprint density at radius 1 is 1.07 bits per heavy atom. The molecule has 7 heteroatoms. The number of fused-ring (bicyclic) bond motifs is 2. The third kappa shape index (κ3) is 4.17. The number of anilines is 1. The van der Waals surface area contributed by atoms with Gasteiger partial charge in [0, 0.05) is 32.4 Å². The van der Waals surface area contributed by atoms with E-state index in [1.54, 1.807) is 11.9 Å². The second kappa shape index (κ2) is 8.08. The summed E-state index contributed by atoms with van der Waals surface area (Å²) in [5, 5.41) is 5.30. The zero-order valence-corrected chi connectivity index (χ0v) is 17.9. The van der Waals surface area contributed by atoms with Gasteiger partial charge in [0.1, 0.15) is 0 Å². The molecule has 0 unspecified atom stereocenters. The highest BCUT2D eigenvalue weighted by Crippen LogP contribution is 2.28. The molecule has 30 heavy (non-hydrogen) atoms. The number of benzene rings is 3. The highest BCUT2D eigenvalue weighted by molar-refractivity contribution is 7.88. The minimum Gasteiger partial charge on any atom is -0.323 e. The monoisotopic (exact) mass is 423 g/mol. The van der Waals surface area contributed by atoms with Gasteiger partial charge in [0.2, 0.25) is 10.0 Å². The molecule has 1 aliphatic rings. The van der Waals surface area contributed by atoms with E-state index in [4.69, 9.17) is 0 Å². The Labute approximate surface area is 177 Å². The van der Waals surface area contributed by atoms with Gasteiger partial charge in [-0.05, 0) is 39.9 Å². The summed E-state index contributed by atoms with van der Waals surface area (Å²) in [6.07, 6.45) is 1.80. The van der Waals surface area contributed by atoms with E-state index < -0.39 is 10.0 Å². The third-order valence-electron chi connectivity index (χ3n) is 5.58. The van der Waals surface area contributed by atoms with Gasteiger partial charge in [0.25, 0.3) is 0 Å². The predicted molar refractivity (Wildman–Crippen MR) is 120 cm³/mol. The summed E-state index contributed by atoms with van der Waals surface area (Å²) in [5.74, 6) is 0. The zero-order chi connectivity index (χ0) is 21.3. The molecule has 1 heterocycles. The minimum absolute atomic E-state index is 0.193. The van der Waals surface area contributed by atoms with Crippen LogP contribution in [0, 0.1) is 0 Å². The average Bonchev–Trinajstić information content (AvgIpc) is 2.73. The van der Waals surface area contributed by atoms with Gasteiger partial charge < -0.3 is 10.2 Å². The van der Waals surface area contributed by atoms with Crippen LogP contribution in [-0.4, -0.2) is 43.5 Å². The standard InChI is InChI=1S/C23H25N3O3S/c1-25(15-18-9-5-8-17-7-3-4-11-20(17)18)23(27)24-22-12-6-10-19-16-26(30(2,28)29)14-13-21(19)22/h3-12H,13-16H2,1-2H3,(H,24,27). The van der Waals surface area contributed by atoms with Gasteiger partial charge >= 0.3 is 6.03 Å². The fourth-order valence-electron chi connectivity index (χ4n) is 3.95. The third-order valence-corrected chi connectivity index (χ3v) is 6.83. The van der Waals surface area contributed by atoms with E-state index in [9.17, 15) is 13.2 Å². The SMILES string of the molecule is CN(Cc1cccc2ccccc12)C(=O)Nc1cccc2c1CCN(S(C)(=O)=O)C2. The molecule has 3 aromatic carbocycles. The van der Waals surface area contributed by atoms with E-state index in [-0.39, 0.29) is 6.03 Å². The molecule has 0 aliphatic carbocycles. The number of urea groups is 1. The smallest absolute Gasteiger partial charge is 0.321 e. The maximum Gasteiger partial charge on any atom is 0.321 e. The molecule has 0 bridgehead atoms. The highest BCUT2D eigenvalue weighted by Gasteiger charge is 2.25. The Morgan fingerprint density at radius 2 is 1.80 bits per heavy atom. The second-order valence-corrected chi connectivity index (χ2v) is 9.70. The molecule has 1 aliphatic heterocycles. The van der Waals surface area contributed by atoms with Crippen LogP contribution >= 0.6 is 0 Å². The van der Waals surface area contributed by atoms with Crippen LogP contribution in [0.1, 0.15) is 16.7 Å². The van der Waals surface area contributed by atoms with Crippen molar-refractivity contribution in [1.29, 1.82) is 0 Å². The van der Waals surface area contributed by atoms with E-state index in [1.165, 1.54) is 10.6 Å². The molecule has 156 valence electrons. The van der Waals surface area contributed by atoms with Crippen LogP contribution in [-0.2, 0) is 29.5 Å². The van der Waals surface area contributed by atoms with Crippen molar-refractivity contribution in [3.63, 3.8) is 0 Å². The van der Waals surface area contributed by atoms with E-state index in [0.717, 1.165) is 33.2 Å². The lowest BCUT2D eigenvalue weighted by atomic mass is 9.99. The van der Waals surface area contributed by atoms with Gasteiger partial charge in [-0.1, -0.05) is 54.6 Å². The molecular formula is C23H25N3O3S. The molecule has 6 nitrogen and oxygen atoms in total. The van der Waals surface area contributed by atoms with E-state index in [1.807, 2.05) is 42.5 Å². The van der Waals surface area contributed by atoms with Gasteiger partial charge in [0.05, 0.1) is 6.26 Å². The van der Waals surface area contributed by atoms with Gasteiger partial charge in [-0.25, -0.2) is 13.2 Å². The molecule has 0 spiro atoms. The van der Waals surface area contributed by atoms with Crippen molar-refractivity contribution in [2.45, 2.75) is 19.5 Å². The van der Waals surface area contributed by atoms with Crippen LogP contribution in [0.4, 0.5) is 10.5 Å². The van der Waals surface area contributed by atoms with E-state index in [0.29, 0.717) is 26.1 Å². The molecule has 0 saturated heterocycles. The molecule has 0 saturated carbocycles. The Morgan fingerprint density at radius 3 is 2.60 bits per heavy atom. The van der Waals surface area contributed by atoms with Crippen molar-refractivity contribution in [1.82, 2.24) is 9.21 Å². The van der Waals surface area contributed by atoms with Crippen LogP contribution in [0.15, 0.2) is 60.7 Å². The summed E-state index contributed by atoms with van der Waals surface area (Å²) in [4.78, 5) is 14.5. The van der Waals surface area contributed by atoms with Crippen molar-refractivity contribution < 1.29 is 13.2 Å². The molecule has 4 rings (SSSR count). The Hall–Kier alpha value is -2.90. The summed E-state index contributed by atoms with van der Waals surface area (Å²) in [6.45, 7) is 1.25. The quantitative estimate of drug-likeness (QED) is 0.694. The van der Waals surface area contributed by atoms with Crippen LogP contribution in [0.3, 0.4) is 0 Å². The lowest BCUT2D eigenvalue weighted by Gasteiger charge is -2.28. The number of carbonyl (C=O) groups excluding carboxylic acids is 1.